The molecule has 0 aliphatic heterocycles. The molecule has 0 aromatic heterocycles. The number of carbonyl (C=O) groups is 1. The zero-order chi connectivity index (χ0) is 14.4. The summed E-state index contributed by atoms with van der Waals surface area (Å²) < 4.78 is 5.60. The summed E-state index contributed by atoms with van der Waals surface area (Å²) in [4.78, 5) is 11.8. The normalized spacial score (nSPS) is 12.3. The van der Waals surface area contributed by atoms with E-state index < -0.39 is 6.04 Å². The van der Waals surface area contributed by atoms with Gasteiger partial charge in [-0.2, -0.15) is 0 Å². The van der Waals surface area contributed by atoms with Crippen molar-refractivity contribution in [2.24, 2.45) is 5.73 Å². The Morgan fingerprint density at radius 1 is 1.42 bits per heavy atom. The molecule has 3 N–H and O–H groups in total. The van der Waals surface area contributed by atoms with E-state index in [1.807, 2.05) is 45.9 Å². The monoisotopic (exact) mass is 264 g/mol. The van der Waals surface area contributed by atoms with Crippen LogP contribution in [0, 0.1) is 6.92 Å². The largest absolute Gasteiger partial charge is 0.491 e. The zero-order valence-electron chi connectivity index (χ0n) is 12.2. The number of rotatable bonds is 6. The van der Waals surface area contributed by atoms with Gasteiger partial charge in [-0.1, -0.05) is 13.3 Å². The van der Waals surface area contributed by atoms with Gasteiger partial charge in [-0.3, -0.25) is 4.79 Å². The fourth-order valence-corrected chi connectivity index (χ4v) is 1.79. The average molecular weight is 264 g/mol. The van der Waals surface area contributed by atoms with Gasteiger partial charge in [-0.25, -0.2) is 0 Å². The van der Waals surface area contributed by atoms with Crippen molar-refractivity contribution < 1.29 is 9.53 Å². The van der Waals surface area contributed by atoms with E-state index in [1.165, 1.54) is 0 Å². The molecular weight excluding hydrogens is 240 g/mol. The number of nitrogens with one attached hydrogen (secondary N) is 1. The van der Waals surface area contributed by atoms with Crippen LogP contribution in [-0.4, -0.2) is 18.1 Å². The molecule has 0 radical (unpaired) electrons. The van der Waals surface area contributed by atoms with Crippen LogP contribution >= 0.6 is 0 Å². The molecule has 0 fully saturated rings. The van der Waals surface area contributed by atoms with E-state index >= 15 is 0 Å². The van der Waals surface area contributed by atoms with Crippen LogP contribution in [0.2, 0.25) is 0 Å². The molecule has 0 bridgehead atoms. The van der Waals surface area contributed by atoms with Crippen molar-refractivity contribution in [1.29, 1.82) is 0 Å². The molecule has 1 amide bonds. The van der Waals surface area contributed by atoms with Gasteiger partial charge in [-0.15, -0.1) is 0 Å². The Balaban J connectivity index is 2.72. The lowest BCUT2D eigenvalue weighted by atomic mass is 10.1. The van der Waals surface area contributed by atoms with Gasteiger partial charge in [0.1, 0.15) is 5.75 Å². The highest BCUT2D eigenvalue weighted by Crippen LogP contribution is 2.22. The zero-order valence-corrected chi connectivity index (χ0v) is 12.2. The Morgan fingerprint density at radius 3 is 2.63 bits per heavy atom. The Labute approximate surface area is 115 Å². The van der Waals surface area contributed by atoms with Gasteiger partial charge in [0.2, 0.25) is 5.91 Å². The molecule has 1 atom stereocenters. The van der Waals surface area contributed by atoms with Gasteiger partial charge in [0.05, 0.1) is 12.1 Å². The minimum Gasteiger partial charge on any atom is -0.491 e. The Hall–Kier alpha value is -1.55. The van der Waals surface area contributed by atoms with Gasteiger partial charge in [-0.05, 0) is 51.0 Å². The van der Waals surface area contributed by atoms with Gasteiger partial charge in [0.15, 0.2) is 0 Å². The lowest BCUT2D eigenvalue weighted by Crippen LogP contribution is -2.35. The number of anilines is 1. The van der Waals surface area contributed by atoms with Gasteiger partial charge in [0.25, 0.3) is 0 Å². The van der Waals surface area contributed by atoms with Crippen molar-refractivity contribution in [2.75, 3.05) is 5.32 Å². The van der Waals surface area contributed by atoms with Crippen LogP contribution in [0.15, 0.2) is 18.2 Å². The molecule has 4 nitrogen and oxygen atoms in total. The van der Waals surface area contributed by atoms with E-state index in [9.17, 15) is 4.79 Å². The van der Waals surface area contributed by atoms with Crippen molar-refractivity contribution >= 4 is 11.6 Å². The first-order chi connectivity index (χ1) is 8.93. The number of carbonyl (C=O) groups excluding carboxylic acids is 1. The van der Waals surface area contributed by atoms with Crippen LogP contribution < -0.4 is 15.8 Å². The summed E-state index contributed by atoms with van der Waals surface area (Å²) in [6.07, 6.45) is 1.73. The summed E-state index contributed by atoms with van der Waals surface area (Å²) in [5.41, 5.74) is 7.54. The summed E-state index contributed by atoms with van der Waals surface area (Å²) in [5, 5.41) is 2.86. The summed E-state index contributed by atoms with van der Waals surface area (Å²) in [7, 11) is 0. The summed E-state index contributed by atoms with van der Waals surface area (Å²) in [6, 6.07) is 5.18. The maximum atomic E-state index is 11.8. The van der Waals surface area contributed by atoms with Gasteiger partial charge >= 0.3 is 0 Å². The number of hydrogen-bond acceptors (Lipinski definition) is 3. The molecule has 1 rings (SSSR count). The maximum absolute atomic E-state index is 11.8. The molecule has 0 aliphatic carbocycles. The Bertz CT molecular complexity index is 430. The number of hydrogen-bond donors (Lipinski definition) is 2. The minimum absolute atomic E-state index is 0.137. The van der Waals surface area contributed by atoms with E-state index in [0.717, 1.165) is 23.4 Å². The molecule has 1 aromatic carbocycles. The summed E-state index contributed by atoms with van der Waals surface area (Å²) in [5.74, 6) is 0.672. The average Bonchev–Trinajstić information content (AvgIpc) is 2.32. The topological polar surface area (TPSA) is 64.4 Å². The third-order valence-corrected chi connectivity index (χ3v) is 2.76. The molecule has 4 heteroatoms. The number of nitrogens with two attached hydrogens (primary N) is 1. The highest BCUT2D eigenvalue weighted by molar-refractivity contribution is 5.95. The Morgan fingerprint density at radius 2 is 2.11 bits per heavy atom. The first-order valence-corrected chi connectivity index (χ1v) is 6.77. The molecule has 0 unspecified atom stereocenters. The molecular formula is C15H24N2O2. The highest BCUT2D eigenvalue weighted by atomic mass is 16.5. The van der Waals surface area contributed by atoms with Crippen molar-refractivity contribution in [3.05, 3.63) is 23.8 Å². The second kappa shape index (κ2) is 7.14. The van der Waals surface area contributed by atoms with Crippen molar-refractivity contribution in [3.8, 4) is 5.75 Å². The maximum Gasteiger partial charge on any atom is 0.241 e. The summed E-state index contributed by atoms with van der Waals surface area (Å²) >= 11 is 0. The number of aryl methyl sites for hydroxylation is 1. The second-order valence-electron chi connectivity index (χ2n) is 5.03. The van der Waals surface area contributed by atoms with Gasteiger partial charge in [0, 0.05) is 5.69 Å². The molecule has 0 heterocycles. The first kappa shape index (κ1) is 15.5. The number of ether oxygens (including phenoxy) is 1. The predicted octanol–water partition coefficient (Wildman–Crippen LogP) is 2.85. The Kier molecular flexibility index (Phi) is 5.83. The van der Waals surface area contributed by atoms with Gasteiger partial charge < -0.3 is 15.8 Å². The van der Waals surface area contributed by atoms with E-state index in [4.69, 9.17) is 10.5 Å². The van der Waals surface area contributed by atoms with E-state index in [1.54, 1.807) is 0 Å². The third kappa shape index (κ3) is 4.91. The SMILES string of the molecule is CCC[C@@H](N)C(=O)Nc1ccc(OC(C)C)cc1C. The second-order valence-corrected chi connectivity index (χ2v) is 5.03. The van der Waals surface area contributed by atoms with E-state index in [-0.39, 0.29) is 12.0 Å². The number of benzene rings is 1. The highest BCUT2D eigenvalue weighted by Gasteiger charge is 2.13. The standard InChI is InChI=1S/C15H24N2O2/c1-5-6-13(16)15(18)17-14-8-7-12(9-11(14)4)19-10(2)3/h7-10,13H,5-6,16H2,1-4H3,(H,17,18)/t13-/m1/s1. The predicted molar refractivity (Wildman–Crippen MR) is 78.5 cm³/mol. The smallest absolute Gasteiger partial charge is 0.241 e. The van der Waals surface area contributed by atoms with E-state index in [0.29, 0.717) is 6.42 Å². The lowest BCUT2D eigenvalue weighted by Gasteiger charge is -2.15. The van der Waals surface area contributed by atoms with Crippen LogP contribution in [-0.2, 0) is 4.79 Å². The van der Waals surface area contributed by atoms with Crippen LogP contribution in [0.1, 0.15) is 39.2 Å². The van der Waals surface area contributed by atoms with Crippen molar-refractivity contribution in [2.45, 2.75) is 52.7 Å². The molecule has 1 aromatic rings. The third-order valence-electron chi connectivity index (χ3n) is 2.76. The molecule has 106 valence electrons. The molecule has 0 saturated carbocycles. The van der Waals surface area contributed by atoms with Crippen LogP contribution in [0.5, 0.6) is 5.75 Å². The molecule has 0 aliphatic rings. The van der Waals surface area contributed by atoms with Crippen LogP contribution in [0.4, 0.5) is 5.69 Å². The molecule has 19 heavy (non-hydrogen) atoms. The van der Waals surface area contributed by atoms with Crippen LogP contribution in [0.3, 0.4) is 0 Å². The van der Waals surface area contributed by atoms with Crippen molar-refractivity contribution in [1.82, 2.24) is 0 Å². The van der Waals surface area contributed by atoms with Crippen LogP contribution in [0.25, 0.3) is 0 Å². The lowest BCUT2D eigenvalue weighted by molar-refractivity contribution is -0.117. The van der Waals surface area contributed by atoms with E-state index in [2.05, 4.69) is 5.32 Å². The fourth-order valence-electron chi connectivity index (χ4n) is 1.79. The van der Waals surface area contributed by atoms with Crippen molar-refractivity contribution in [3.63, 3.8) is 0 Å². The molecule has 0 saturated heterocycles. The fraction of sp³-hybridized carbons (Fsp3) is 0.533. The summed E-state index contributed by atoms with van der Waals surface area (Å²) in [6.45, 7) is 7.91. The minimum atomic E-state index is -0.448. The first-order valence-electron chi connectivity index (χ1n) is 6.77. The number of amides is 1. The molecule has 0 spiro atoms. The quantitative estimate of drug-likeness (QED) is 0.830.